The summed E-state index contributed by atoms with van der Waals surface area (Å²) in [6, 6.07) is 2.60. The van der Waals surface area contributed by atoms with Crippen LogP contribution in [0.15, 0.2) is 6.07 Å². The Labute approximate surface area is 150 Å². The van der Waals surface area contributed by atoms with Gasteiger partial charge in [0.15, 0.2) is 5.65 Å². The molecule has 1 amide bonds. The van der Waals surface area contributed by atoms with E-state index in [0.29, 0.717) is 12.0 Å². The van der Waals surface area contributed by atoms with E-state index >= 15 is 0 Å². The topological polar surface area (TPSA) is 51.0 Å². The molecule has 2 aromatic heterocycles. The molecule has 5 nitrogen and oxygen atoms in total. The molecule has 0 spiro atoms. The van der Waals surface area contributed by atoms with Gasteiger partial charge in [0, 0.05) is 24.8 Å². The molecule has 0 N–H and O–H groups in total. The first kappa shape index (κ1) is 17.9. The number of carbonyl (C=O) groups is 1. The molecule has 2 heterocycles. The second-order valence-corrected chi connectivity index (χ2v) is 8.09. The van der Waals surface area contributed by atoms with Gasteiger partial charge in [-0.3, -0.25) is 9.48 Å². The van der Waals surface area contributed by atoms with Crippen molar-refractivity contribution in [2.75, 3.05) is 0 Å². The fourth-order valence-corrected chi connectivity index (χ4v) is 3.42. The van der Waals surface area contributed by atoms with E-state index < -0.39 is 0 Å². The van der Waals surface area contributed by atoms with Gasteiger partial charge >= 0.3 is 0 Å². The summed E-state index contributed by atoms with van der Waals surface area (Å²) >= 11 is 0. The Morgan fingerprint density at radius 2 is 1.88 bits per heavy atom. The Morgan fingerprint density at radius 3 is 2.40 bits per heavy atom. The molecule has 0 aliphatic heterocycles. The number of amides is 1. The van der Waals surface area contributed by atoms with Crippen LogP contribution in [0.2, 0.25) is 0 Å². The maximum Gasteiger partial charge on any atom is 0.255 e. The summed E-state index contributed by atoms with van der Waals surface area (Å²) in [5, 5.41) is 5.42. The number of hydrogen-bond acceptors (Lipinski definition) is 3. The Bertz CT molecular complexity index is 802. The zero-order valence-electron chi connectivity index (χ0n) is 16.5. The average Bonchev–Trinajstić information content (AvgIpc) is 3.33. The van der Waals surface area contributed by atoms with Crippen molar-refractivity contribution >= 4 is 16.9 Å². The highest BCUT2D eigenvalue weighted by Crippen LogP contribution is 2.34. The van der Waals surface area contributed by atoms with E-state index in [1.165, 1.54) is 0 Å². The fourth-order valence-electron chi connectivity index (χ4n) is 3.42. The van der Waals surface area contributed by atoms with Gasteiger partial charge in [-0.25, -0.2) is 4.98 Å². The molecule has 1 fully saturated rings. The van der Waals surface area contributed by atoms with Crippen LogP contribution in [0.5, 0.6) is 0 Å². The monoisotopic (exact) mass is 342 g/mol. The van der Waals surface area contributed by atoms with Gasteiger partial charge in [0.1, 0.15) is 0 Å². The Morgan fingerprint density at radius 1 is 1.24 bits per heavy atom. The minimum Gasteiger partial charge on any atom is -0.333 e. The first-order valence-electron chi connectivity index (χ1n) is 9.39. The highest BCUT2D eigenvalue weighted by Gasteiger charge is 2.38. The second kappa shape index (κ2) is 6.43. The quantitative estimate of drug-likeness (QED) is 0.824. The zero-order valence-corrected chi connectivity index (χ0v) is 16.5. The van der Waals surface area contributed by atoms with E-state index in [0.717, 1.165) is 40.8 Å². The van der Waals surface area contributed by atoms with Gasteiger partial charge in [0.05, 0.1) is 16.6 Å². The van der Waals surface area contributed by atoms with Crippen LogP contribution in [-0.2, 0) is 7.05 Å². The van der Waals surface area contributed by atoms with Gasteiger partial charge < -0.3 is 4.90 Å². The van der Waals surface area contributed by atoms with Crippen molar-refractivity contribution < 1.29 is 4.79 Å². The van der Waals surface area contributed by atoms with Crippen LogP contribution in [0.1, 0.15) is 75.1 Å². The lowest BCUT2D eigenvalue weighted by Gasteiger charge is -2.32. The summed E-state index contributed by atoms with van der Waals surface area (Å²) < 4.78 is 1.79. The lowest BCUT2D eigenvalue weighted by atomic mass is 10.00. The SMILES string of the molecule is Cc1nn(C)c2nc(C(C)C)cc(C(=O)N(C3CC3)C(C)C(C)C)c12. The Hall–Kier alpha value is -1.91. The van der Waals surface area contributed by atoms with E-state index in [4.69, 9.17) is 4.98 Å². The van der Waals surface area contributed by atoms with Gasteiger partial charge in [-0.05, 0) is 44.6 Å². The summed E-state index contributed by atoms with van der Waals surface area (Å²) in [7, 11) is 1.90. The van der Waals surface area contributed by atoms with E-state index in [1.807, 2.05) is 20.0 Å². The number of aryl methyl sites for hydroxylation is 2. The normalized spacial score (nSPS) is 16.0. The molecule has 5 heteroatoms. The third-order valence-electron chi connectivity index (χ3n) is 5.39. The summed E-state index contributed by atoms with van der Waals surface area (Å²) in [6.45, 7) is 12.7. The molecule has 1 unspecified atom stereocenters. The zero-order chi connectivity index (χ0) is 18.5. The molecule has 0 aromatic carbocycles. The summed E-state index contributed by atoms with van der Waals surface area (Å²) in [4.78, 5) is 20.5. The molecule has 2 aromatic rings. The lowest BCUT2D eigenvalue weighted by Crippen LogP contribution is -2.43. The van der Waals surface area contributed by atoms with Crippen LogP contribution >= 0.6 is 0 Å². The number of carbonyl (C=O) groups excluding carboxylic acids is 1. The lowest BCUT2D eigenvalue weighted by molar-refractivity contribution is 0.0629. The summed E-state index contributed by atoms with van der Waals surface area (Å²) in [5.74, 6) is 0.832. The molecule has 0 bridgehead atoms. The van der Waals surface area contributed by atoms with Crippen molar-refractivity contribution in [3.8, 4) is 0 Å². The van der Waals surface area contributed by atoms with Gasteiger partial charge in [-0.15, -0.1) is 0 Å². The molecule has 1 atom stereocenters. The molecular weight excluding hydrogens is 312 g/mol. The van der Waals surface area contributed by atoms with E-state index in [2.05, 4.69) is 44.6 Å². The Balaban J connectivity index is 2.17. The highest BCUT2D eigenvalue weighted by molar-refractivity contribution is 6.07. The first-order chi connectivity index (χ1) is 11.7. The van der Waals surface area contributed by atoms with Crippen molar-refractivity contribution in [2.45, 2.75) is 72.4 Å². The van der Waals surface area contributed by atoms with Gasteiger partial charge in [-0.2, -0.15) is 5.10 Å². The minimum atomic E-state index is 0.133. The minimum absolute atomic E-state index is 0.133. The number of fused-ring (bicyclic) bond motifs is 1. The molecule has 0 saturated heterocycles. The van der Waals surface area contributed by atoms with E-state index in [9.17, 15) is 4.79 Å². The molecule has 1 aliphatic rings. The maximum atomic E-state index is 13.6. The molecule has 1 saturated carbocycles. The molecule has 136 valence electrons. The molecule has 1 aliphatic carbocycles. The van der Waals surface area contributed by atoms with E-state index in [1.54, 1.807) is 4.68 Å². The van der Waals surface area contributed by atoms with Gasteiger partial charge in [-0.1, -0.05) is 27.7 Å². The van der Waals surface area contributed by atoms with Gasteiger partial charge in [0.25, 0.3) is 5.91 Å². The smallest absolute Gasteiger partial charge is 0.255 e. The van der Waals surface area contributed by atoms with Crippen molar-refractivity contribution in [2.24, 2.45) is 13.0 Å². The molecule has 3 rings (SSSR count). The predicted octanol–water partition coefficient (Wildman–Crippen LogP) is 4.05. The molecular formula is C20H30N4O. The van der Waals surface area contributed by atoms with Crippen LogP contribution in [0, 0.1) is 12.8 Å². The fraction of sp³-hybridized carbons (Fsp3) is 0.650. The third kappa shape index (κ3) is 3.16. The average molecular weight is 342 g/mol. The number of aromatic nitrogens is 3. The van der Waals surface area contributed by atoms with Crippen LogP contribution < -0.4 is 0 Å². The van der Waals surface area contributed by atoms with Crippen LogP contribution in [-0.4, -0.2) is 37.7 Å². The number of nitrogens with zero attached hydrogens (tertiary/aromatic N) is 4. The third-order valence-corrected chi connectivity index (χ3v) is 5.39. The molecule has 25 heavy (non-hydrogen) atoms. The second-order valence-electron chi connectivity index (χ2n) is 8.09. The first-order valence-corrected chi connectivity index (χ1v) is 9.39. The predicted molar refractivity (Wildman–Crippen MR) is 101 cm³/mol. The standard InChI is InChI=1S/C20H30N4O/c1-11(2)14(6)24(15-8-9-15)20(25)16-10-17(12(3)4)21-19-18(16)13(5)22-23(19)7/h10-12,14-15H,8-9H2,1-7H3. The summed E-state index contributed by atoms with van der Waals surface area (Å²) in [6.07, 6.45) is 2.22. The van der Waals surface area contributed by atoms with Gasteiger partial charge in [0.2, 0.25) is 0 Å². The molecule has 0 radical (unpaired) electrons. The highest BCUT2D eigenvalue weighted by atomic mass is 16.2. The van der Waals surface area contributed by atoms with Crippen molar-refractivity contribution in [3.05, 3.63) is 23.0 Å². The van der Waals surface area contributed by atoms with Crippen LogP contribution in [0.25, 0.3) is 11.0 Å². The number of pyridine rings is 1. The van der Waals surface area contributed by atoms with Crippen LogP contribution in [0.4, 0.5) is 0 Å². The van der Waals surface area contributed by atoms with E-state index in [-0.39, 0.29) is 17.9 Å². The van der Waals surface area contributed by atoms with Crippen LogP contribution in [0.3, 0.4) is 0 Å². The number of hydrogen-bond donors (Lipinski definition) is 0. The van der Waals surface area contributed by atoms with Crippen molar-refractivity contribution in [1.82, 2.24) is 19.7 Å². The summed E-state index contributed by atoms with van der Waals surface area (Å²) in [5.41, 5.74) is 3.39. The van der Waals surface area contributed by atoms with Crippen molar-refractivity contribution in [3.63, 3.8) is 0 Å². The maximum absolute atomic E-state index is 13.6. The Kier molecular flexibility index (Phi) is 4.60. The van der Waals surface area contributed by atoms with Crippen molar-refractivity contribution in [1.29, 1.82) is 0 Å². The largest absolute Gasteiger partial charge is 0.333 e. The number of rotatable bonds is 5.